The third-order valence-electron chi connectivity index (χ3n) is 3.92. The van der Waals surface area contributed by atoms with Gasteiger partial charge in [0.2, 0.25) is 5.91 Å². The predicted octanol–water partition coefficient (Wildman–Crippen LogP) is 1.31. The lowest BCUT2D eigenvalue weighted by Crippen LogP contribution is -2.37. The van der Waals surface area contributed by atoms with Crippen molar-refractivity contribution in [3.63, 3.8) is 0 Å². The highest BCUT2D eigenvalue weighted by molar-refractivity contribution is 8.15. The normalized spacial score (nSPS) is 27.2. The summed E-state index contributed by atoms with van der Waals surface area (Å²) in [6, 6.07) is 7.48. The van der Waals surface area contributed by atoms with E-state index in [0.29, 0.717) is 11.7 Å². The lowest BCUT2D eigenvalue weighted by Gasteiger charge is -2.24. The number of ether oxygens (including phenoxy) is 1. The smallest absolute Gasteiger partial charge is 0.244 e. The molecular weight excluding hydrogens is 336 g/mol. The van der Waals surface area contributed by atoms with Crippen LogP contribution in [0.1, 0.15) is 12.5 Å². The molecule has 2 saturated heterocycles. The Morgan fingerprint density at radius 3 is 2.91 bits per heavy atom. The van der Waals surface area contributed by atoms with Crippen molar-refractivity contribution in [3.8, 4) is 5.75 Å². The highest BCUT2D eigenvalue weighted by atomic mass is 32.2. The van der Waals surface area contributed by atoms with E-state index in [1.54, 1.807) is 7.11 Å². The number of hydrogen-bond donors (Lipinski definition) is 0. The molecule has 0 aliphatic carbocycles. The molecule has 0 N–H and O–H groups in total. The van der Waals surface area contributed by atoms with Crippen LogP contribution in [-0.4, -0.2) is 54.3 Å². The van der Waals surface area contributed by atoms with E-state index in [1.165, 1.54) is 18.7 Å². The Labute approximate surface area is 139 Å². The minimum Gasteiger partial charge on any atom is -0.497 e. The molecule has 1 aromatic rings. The van der Waals surface area contributed by atoms with Crippen LogP contribution in [0.4, 0.5) is 0 Å². The Morgan fingerprint density at radius 1 is 1.43 bits per heavy atom. The summed E-state index contributed by atoms with van der Waals surface area (Å²) in [4.78, 5) is 17.4. The summed E-state index contributed by atoms with van der Waals surface area (Å²) in [5.74, 6) is 0.736. The van der Waals surface area contributed by atoms with Gasteiger partial charge in [-0.15, -0.1) is 0 Å². The molecule has 23 heavy (non-hydrogen) atoms. The molecule has 0 bridgehead atoms. The number of sulfone groups is 1. The molecule has 3 rings (SSSR count). The second-order valence-corrected chi connectivity index (χ2v) is 9.05. The number of carbonyl (C=O) groups is 1. The second-order valence-electron chi connectivity index (χ2n) is 5.69. The van der Waals surface area contributed by atoms with E-state index in [0.717, 1.165) is 11.3 Å². The SMILES string of the molecule is COc1cccc(CN2C(=NC(C)=O)S[C@@H]3CS(=O)(=O)C[C@H]32)c1. The first kappa shape index (κ1) is 16.3. The van der Waals surface area contributed by atoms with E-state index in [4.69, 9.17) is 4.74 Å². The van der Waals surface area contributed by atoms with Crippen molar-refractivity contribution in [3.05, 3.63) is 29.8 Å². The number of methoxy groups -OCH3 is 1. The number of fused-ring (bicyclic) bond motifs is 1. The molecule has 0 saturated carbocycles. The van der Waals surface area contributed by atoms with Crippen molar-refractivity contribution >= 4 is 32.7 Å². The third kappa shape index (κ3) is 3.53. The largest absolute Gasteiger partial charge is 0.497 e. The van der Waals surface area contributed by atoms with Gasteiger partial charge in [-0.05, 0) is 17.7 Å². The van der Waals surface area contributed by atoms with Gasteiger partial charge in [0.05, 0.1) is 24.7 Å². The number of rotatable bonds is 3. The van der Waals surface area contributed by atoms with Gasteiger partial charge in [-0.25, -0.2) is 8.42 Å². The maximum absolute atomic E-state index is 11.9. The molecule has 1 amide bonds. The van der Waals surface area contributed by atoms with Gasteiger partial charge in [-0.2, -0.15) is 4.99 Å². The van der Waals surface area contributed by atoms with Gasteiger partial charge in [-0.3, -0.25) is 4.79 Å². The van der Waals surface area contributed by atoms with E-state index in [-0.39, 0.29) is 28.7 Å². The van der Waals surface area contributed by atoms with Crippen LogP contribution in [0, 0.1) is 0 Å². The van der Waals surface area contributed by atoms with Crippen LogP contribution < -0.4 is 4.74 Å². The van der Waals surface area contributed by atoms with Crippen molar-refractivity contribution in [2.75, 3.05) is 18.6 Å². The molecule has 2 aliphatic rings. The Morgan fingerprint density at radius 2 is 2.22 bits per heavy atom. The van der Waals surface area contributed by atoms with Crippen LogP contribution in [0.15, 0.2) is 29.3 Å². The number of thioether (sulfide) groups is 1. The standard InChI is InChI=1S/C15H18N2O4S2/c1-10(18)16-15-17(7-11-4-3-5-12(6-11)21-2)13-8-23(19,20)9-14(13)22-15/h3-6,13-14H,7-9H2,1-2H3/t13-,14-/m1/s1. The van der Waals surface area contributed by atoms with Crippen molar-refractivity contribution in [1.82, 2.24) is 4.90 Å². The van der Waals surface area contributed by atoms with Gasteiger partial charge < -0.3 is 9.64 Å². The fourth-order valence-electron chi connectivity index (χ4n) is 2.92. The molecule has 0 radical (unpaired) electrons. The number of carbonyl (C=O) groups excluding carboxylic acids is 1. The first-order valence-electron chi connectivity index (χ1n) is 7.24. The zero-order chi connectivity index (χ0) is 16.6. The van der Waals surface area contributed by atoms with Crippen molar-refractivity contribution in [1.29, 1.82) is 0 Å². The topological polar surface area (TPSA) is 76.0 Å². The Kier molecular flexibility index (Phi) is 4.37. The fraction of sp³-hybridized carbons (Fsp3) is 0.467. The summed E-state index contributed by atoms with van der Waals surface area (Å²) < 4.78 is 29.0. The summed E-state index contributed by atoms with van der Waals surface area (Å²) in [6.45, 7) is 1.91. The zero-order valence-electron chi connectivity index (χ0n) is 12.9. The summed E-state index contributed by atoms with van der Waals surface area (Å²) in [6.07, 6.45) is 0. The van der Waals surface area contributed by atoms with Gasteiger partial charge >= 0.3 is 0 Å². The molecule has 2 aliphatic heterocycles. The molecule has 0 aromatic heterocycles. The summed E-state index contributed by atoms with van der Waals surface area (Å²) in [5, 5.41) is 0.564. The van der Waals surface area contributed by atoms with E-state index in [1.807, 2.05) is 29.2 Å². The molecule has 0 unspecified atom stereocenters. The first-order chi connectivity index (χ1) is 10.9. The molecular formula is C15H18N2O4S2. The minimum atomic E-state index is -3.02. The highest BCUT2D eigenvalue weighted by Gasteiger charge is 2.48. The van der Waals surface area contributed by atoms with Crippen LogP contribution in [0.3, 0.4) is 0 Å². The summed E-state index contributed by atoms with van der Waals surface area (Å²) >= 11 is 1.39. The van der Waals surface area contributed by atoms with Gasteiger partial charge in [-0.1, -0.05) is 23.9 Å². The Balaban J connectivity index is 1.89. The van der Waals surface area contributed by atoms with Crippen molar-refractivity contribution in [2.24, 2.45) is 4.99 Å². The van der Waals surface area contributed by atoms with E-state index >= 15 is 0 Å². The summed E-state index contributed by atoms with van der Waals surface area (Å²) in [5.41, 5.74) is 0.992. The maximum atomic E-state index is 11.9. The van der Waals surface area contributed by atoms with Gasteiger partial charge in [0, 0.05) is 18.7 Å². The Hall–Kier alpha value is -1.54. The van der Waals surface area contributed by atoms with Gasteiger partial charge in [0.15, 0.2) is 15.0 Å². The molecule has 124 valence electrons. The predicted molar refractivity (Wildman–Crippen MR) is 90.5 cm³/mol. The van der Waals surface area contributed by atoms with Crippen molar-refractivity contribution < 1.29 is 17.9 Å². The first-order valence-corrected chi connectivity index (χ1v) is 9.94. The van der Waals surface area contributed by atoms with Crippen LogP contribution in [0.25, 0.3) is 0 Å². The van der Waals surface area contributed by atoms with Gasteiger partial charge in [0.25, 0.3) is 0 Å². The summed E-state index contributed by atoms with van der Waals surface area (Å²) in [7, 11) is -1.42. The number of amidine groups is 1. The average Bonchev–Trinajstić information content (AvgIpc) is 2.92. The lowest BCUT2D eigenvalue weighted by molar-refractivity contribution is -0.115. The van der Waals surface area contributed by atoms with Gasteiger partial charge in [0.1, 0.15) is 5.75 Å². The molecule has 0 spiro atoms. The van der Waals surface area contributed by atoms with E-state index in [9.17, 15) is 13.2 Å². The number of aliphatic imine (C=N–C) groups is 1. The molecule has 2 heterocycles. The highest BCUT2D eigenvalue weighted by Crippen LogP contribution is 2.39. The third-order valence-corrected chi connectivity index (χ3v) is 7.16. The van der Waals surface area contributed by atoms with Crippen LogP contribution in [0.2, 0.25) is 0 Å². The average molecular weight is 354 g/mol. The molecule has 8 heteroatoms. The molecule has 6 nitrogen and oxygen atoms in total. The molecule has 2 atom stereocenters. The number of amides is 1. The zero-order valence-corrected chi connectivity index (χ0v) is 14.6. The number of hydrogen-bond acceptors (Lipinski definition) is 5. The quantitative estimate of drug-likeness (QED) is 0.815. The van der Waals surface area contributed by atoms with Crippen LogP contribution >= 0.6 is 11.8 Å². The van der Waals surface area contributed by atoms with Crippen molar-refractivity contribution in [2.45, 2.75) is 24.8 Å². The maximum Gasteiger partial charge on any atom is 0.244 e. The monoisotopic (exact) mass is 354 g/mol. The lowest BCUT2D eigenvalue weighted by atomic mass is 10.1. The van der Waals surface area contributed by atoms with E-state index in [2.05, 4.69) is 4.99 Å². The molecule has 2 fully saturated rings. The van der Waals surface area contributed by atoms with Crippen LogP contribution in [-0.2, 0) is 21.2 Å². The Bertz CT molecular complexity index is 760. The number of nitrogens with zero attached hydrogens (tertiary/aromatic N) is 2. The minimum absolute atomic E-state index is 0.0521. The molecule has 1 aromatic carbocycles. The second kappa shape index (κ2) is 6.16. The van der Waals surface area contributed by atoms with Crippen LogP contribution in [0.5, 0.6) is 5.75 Å². The van der Waals surface area contributed by atoms with E-state index < -0.39 is 9.84 Å². The number of benzene rings is 1. The fourth-order valence-corrected chi connectivity index (χ4v) is 6.92.